The van der Waals surface area contributed by atoms with Gasteiger partial charge in [-0.2, -0.15) is 0 Å². The lowest BCUT2D eigenvalue weighted by Gasteiger charge is -2.16. The Balaban J connectivity index is 2.71. The second-order valence-corrected chi connectivity index (χ2v) is 4.59. The van der Waals surface area contributed by atoms with Gasteiger partial charge in [0.2, 0.25) is 0 Å². The average Bonchev–Trinajstić information content (AvgIpc) is 2.35. The zero-order valence-corrected chi connectivity index (χ0v) is 11.2. The minimum atomic E-state index is -0.961. The first-order valence-corrected chi connectivity index (χ1v) is 5.98. The van der Waals surface area contributed by atoms with E-state index < -0.39 is 5.97 Å². The van der Waals surface area contributed by atoms with E-state index in [4.69, 9.17) is 5.11 Å². The van der Waals surface area contributed by atoms with E-state index >= 15 is 0 Å². The lowest BCUT2D eigenvalue weighted by atomic mass is 10.1. The van der Waals surface area contributed by atoms with Gasteiger partial charge in [0.15, 0.2) is 0 Å². The Morgan fingerprint density at radius 1 is 1.37 bits per heavy atom. The molecule has 19 heavy (non-hydrogen) atoms. The normalized spacial score (nSPS) is 11.1. The van der Waals surface area contributed by atoms with Crippen LogP contribution in [0.15, 0.2) is 30.3 Å². The summed E-state index contributed by atoms with van der Waals surface area (Å²) in [5.41, 5.74) is 3.62. The summed E-state index contributed by atoms with van der Waals surface area (Å²) in [6.07, 6.45) is 2.71. The number of nitrogens with zero attached hydrogens (tertiary/aromatic N) is 2. The summed E-state index contributed by atoms with van der Waals surface area (Å²) < 4.78 is 0. The van der Waals surface area contributed by atoms with Gasteiger partial charge in [-0.25, -0.2) is 4.79 Å². The highest BCUT2D eigenvalue weighted by molar-refractivity contribution is 5.98. The van der Waals surface area contributed by atoms with Gasteiger partial charge in [-0.15, -0.1) is 0 Å². The van der Waals surface area contributed by atoms with Gasteiger partial charge in [-0.1, -0.05) is 18.2 Å². The maximum atomic E-state index is 10.6. The first kappa shape index (κ1) is 13.1. The first-order valence-electron chi connectivity index (χ1n) is 5.98. The number of aliphatic carboxylic acids is 1. The molecule has 1 aromatic carbocycles. The summed E-state index contributed by atoms with van der Waals surface area (Å²) >= 11 is 0. The number of aromatic nitrogens is 1. The SMILES string of the molecule is Cc1cc(N(C)C)c2cccc(/C=C/C(=O)O)c2n1. The highest BCUT2D eigenvalue weighted by Gasteiger charge is 2.08. The largest absolute Gasteiger partial charge is 0.478 e. The van der Waals surface area contributed by atoms with Gasteiger partial charge in [0.1, 0.15) is 0 Å². The third-order valence-corrected chi connectivity index (χ3v) is 2.86. The number of para-hydroxylation sites is 1. The van der Waals surface area contributed by atoms with E-state index in [0.717, 1.165) is 33.9 Å². The van der Waals surface area contributed by atoms with E-state index in [2.05, 4.69) is 4.98 Å². The van der Waals surface area contributed by atoms with Gasteiger partial charge in [-0.3, -0.25) is 4.98 Å². The summed E-state index contributed by atoms with van der Waals surface area (Å²) in [5.74, 6) is -0.961. The van der Waals surface area contributed by atoms with E-state index in [0.29, 0.717) is 0 Å². The Kier molecular flexibility index (Phi) is 3.51. The lowest BCUT2D eigenvalue weighted by Crippen LogP contribution is -2.10. The molecule has 0 spiro atoms. The van der Waals surface area contributed by atoms with Crippen molar-refractivity contribution in [2.75, 3.05) is 19.0 Å². The van der Waals surface area contributed by atoms with Crippen molar-refractivity contribution in [3.8, 4) is 0 Å². The third kappa shape index (κ3) is 2.73. The predicted molar refractivity (Wildman–Crippen MR) is 77.5 cm³/mol. The smallest absolute Gasteiger partial charge is 0.328 e. The Morgan fingerprint density at radius 2 is 2.11 bits per heavy atom. The second-order valence-electron chi connectivity index (χ2n) is 4.59. The van der Waals surface area contributed by atoms with E-state index in [1.807, 2.05) is 50.2 Å². The summed E-state index contributed by atoms with van der Waals surface area (Å²) in [5, 5.41) is 9.75. The summed E-state index contributed by atoms with van der Waals surface area (Å²) in [6, 6.07) is 7.80. The van der Waals surface area contributed by atoms with Gasteiger partial charge < -0.3 is 10.0 Å². The Morgan fingerprint density at radius 3 is 2.74 bits per heavy atom. The lowest BCUT2D eigenvalue weighted by molar-refractivity contribution is -0.131. The van der Waals surface area contributed by atoms with Crippen molar-refractivity contribution in [1.82, 2.24) is 4.98 Å². The van der Waals surface area contributed by atoms with E-state index in [9.17, 15) is 4.79 Å². The highest BCUT2D eigenvalue weighted by Crippen LogP contribution is 2.28. The van der Waals surface area contributed by atoms with Crippen molar-refractivity contribution < 1.29 is 9.90 Å². The van der Waals surface area contributed by atoms with Gasteiger partial charge in [0.05, 0.1) is 5.52 Å². The fraction of sp³-hybridized carbons (Fsp3) is 0.200. The molecule has 1 aromatic heterocycles. The molecule has 2 aromatic rings. The van der Waals surface area contributed by atoms with Crippen molar-refractivity contribution in [3.05, 3.63) is 41.6 Å². The van der Waals surface area contributed by atoms with Gasteiger partial charge in [0, 0.05) is 42.5 Å². The molecule has 0 aliphatic rings. The molecular weight excluding hydrogens is 240 g/mol. The molecule has 0 saturated heterocycles. The van der Waals surface area contributed by atoms with E-state index in [1.165, 1.54) is 0 Å². The fourth-order valence-corrected chi connectivity index (χ4v) is 2.04. The molecule has 0 radical (unpaired) electrons. The van der Waals surface area contributed by atoms with Crippen LogP contribution in [0.25, 0.3) is 17.0 Å². The van der Waals surface area contributed by atoms with Crippen LogP contribution in [0.1, 0.15) is 11.3 Å². The van der Waals surface area contributed by atoms with Crippen LogP contribution < -0.4 is 4.90 Å². The van der Waals surface area contributed by atoms with Gasteiger partial charge in [0.25, 0.3) is 0 Å². The quantitative estimate of drug-likeness (QED) is 0.858. The predicted octanol–water partition coefficient (Wildman–Crippen LogP) is 2.71. The molecule has 0 aliphatic carbocycles. The van der Waals surface area contributed by atoms with Crippen molar-refractivity contribution in [1.29, 1.82) is 0 Å². The molecule has 1 N–H and O–H groups in total. The molecule has 0 amide bonds. The molecule has 4 nitrogen and oxygen atoms in total. The zero-order chi connectivity index (χ0) is 14.0. The molecule has 0 fully saturated rings. The Bertz CT molecular complexity index is 660. The number of fused-ring (bicyclic) bond motifs is 1. The number of carboxylic acid groups (broad SMARTS) is 1. The second kappa shape index (κ2) is 5.10. The van der Waals surface area contributed by atoms with Crippen LogP contribution in [0.2, 0.25) is 0 Å². The number of hydrogen-bond donors (Lipinski definition) is 1. The van der Waals surface area contributed by atoms with Crippen molar-refractivity contribution in [2.45, 2.75) is 6.92 Å². The fourth-order valence-electron chi connectivity index (χ4n) is 2.04. The third-order valence-electron chi connectivity index (χ3n) is 2.86. The number of rotatable bonds is 3. The molecule has 0 unspecified atom stereocenters. The Hall–Kier alpha value is -2.36. The molecule has 0 bridgehead atoms. The highest BCUT2D eigenvalue weighted by atomic mass is 16.4. The summed E-state index contributed by atoms with van der Waals surface area (Å²) in [4.78, 5) is 17.2. The van der Waals surface area contributed by atoms with Crippen LogP contribution in [-0.2, 0) is 4.79 Å². The van der Waals surface area contributed by atoms with Crippen molar-refractivity contribution >= 4 is 28.6 Å². The maximum Gasteiger partial charge on any atom is 0.328 e. The number of carbonyl (C=O) groups is 1. The topological polar surface area (TPSA) is 53.4 Å². The minimum Gasteiger partial charge on any atom is -0.478 e. The maximum absolute atomic E-state index is 10.6. The zero-order valence-electron chi connectivity index (χ0n) is 11.2. The van der Waals surface area contributed by atoms with E-state index in [1.54, 1.807) is 6.08 Å². The van der Waals surface area contributed by atoms with Crippen LogP contribution in [0, 0.1) is 6.92 Å². The van der Waals surface area contributed by atoms with Gasteiger partial charge >= 0.3 is 5.97 Å². The van der Waals surface area contributed by atoms with Crippen LogP contribution in [0.3, 0.4) is 0 Å². The monoisotopic (exact) mass is 256 g/mol. The molecule has 0 aliphatic heterocycles. The Labute approximate surface area is 112 Å². The molecule has 2 rings (SSSR count). The van der Waals surface area contributed by atoms with Crippen molar-refractivity contribution in [2.24, 2.45) is 0 Å². The van der Waals surface area contributed by atoms with Crippen molar-refractivity contribution in [3.63, 3.8) is 0 Å². The number of pyridine rings is 1. The molecule has 0 saturated carbocycles. The minimum absolute atomic E-state index is 0.812. The van der Waals surface area contributed by atoms with Crippen LogP contribution >= 0.6 is 0 Å². The first-order chi connectivity index (χ1) is 8.99. The van der Waals surface area contributed by atoms with E-state index in [-0.39, 0.29) is 0 Å². The number of carboxylic acids is 1. The molecule has 1 heterocycles. The standard InChI is InChI=1S/C15H16N2O2/c1-10-9-13(17(2)3)12-6-4-5-11(15(12)16-10)7-8-14(18)19/h4-9H,1-3H3,(H,18,19)/b8-7+. The number of benzene rings is 1. The summed E-state index contributed by atoms with van der Waals surface area (Å²) in [7, 11) is 3.96. The molecule has 0 atom stereocenters. The molecule has 4 heteroatoms. The summed E-state index contributed by atoms with van der Waals surface area (Å²) in [6.45, 7) is 1.93. The van der Waals surface area contributed by atoms with Crippen LogP contribution in [0.4, 0.5) is 5.69 Å². The van der Waals surface area contributed by atoms with Crippen LogP contribution in [0.5, 0.6) is 0 Å². The number of anilines is 1. The molecule has 98 valence electrons. The number of hydrogen-bond acceptors (Lipinski definition) is 3. The van der Waals surface area contributed by atoms with Gasteiger partial charge in [-0.05, 0) is 19.1 Å². The average molecular weight is 256 g/mol. The molecular formula is C15H16N2O2. The van der Waals surface area contributed by atoms with Crippen LogP contribution in [-0.4, -0.2) is 30.2 Å². The number of aryl methyl sites for hydroxylation is 1.